The Morgan fingerprint density at radius 3 is 2.51 bits per heavy atom. The first-order valence-electron chi connectivity index (χ1n) is 11.0. The fourth-order valence-electron chi connectivity index (χ4n) is 3.59. The Labute approximate surface area is 201 Å². The molecule has 9 nitrogen and oxygen atoms in total. The summed E-state index contributed by atoms with van der Waals surface area (Å²) in [7, 11) is 0. The number of rotatable bonds is 7. The van der Waals surface area contributed by atoms with Crippen LogP contribution >= 0.6 is 0 Å². The molecular formula is C25H24FN5O4. The van der Waals surface area contributed by atoms with Gasteiger partial charge in [0.2, 0.25) is 5.91 Å². The van der Waals surface area contributed by atoms with Crippen LogP contribution in [-0.4, -0.2) is 42.2 Å². The van der Waals surface area contributed by atoms with Crippen LogP contribution < -0.4 is 20.9 Å². The minimum absolute atomic E-state index is 0.195. The molecule has 1 saturated heterocycles. The number of ether oxygens (including phenoxy) is 1. The van der Waals surface area contributed by atoms with Gasteiger partial charge in [-0.3, -0.25) is 14.7 Å². The van der Waals surface area contributed by atoms with Crippen LogP contribution in [0.25, 0.3) is 11.1 Å². The van der Waals surface area contributed by atoms with Crippen molar-refractivity contribution in [2.75, 3.05) is 23.3 Å². The lowest BCUT2D eigenvalue weighted by atomic mass is 10.0. The van der Waals surface area contributed by atoms with Crippen LogP contribution in [0.1, 0.15) is 12.5 Å². The van der Waals surface area contributed by atoms with Crippen molar-refractivity contribution in [2.45, 2.75) is 19.6 Å². The summed E-state index contributed by atoms with van der Waals surface area (Å²) in [4.78, 5) is 40.6. The number of amides is 4. The zero-order valence-corrected chi connectivity index (χ0v) is 19.0. The lowest BCUT2D eigenvalue weighted by molar-refractivity contribution is -0.119. The van der Waals surface area contributed by atoms with E-state index in [0.717, 1.165) is 5.56 Å². The molecule has 3 N–H and O–H groups in total. The molecule has 0 spiro atoms. The largest absolute Gasteiger partial charge is 0.442 e. The number of halogens is 1. The molecule has 1 fully saturated rings. The number of urea groups is 1. The fraction of sp³-hybridized carbons (Fsp3) is 0.200. The van der Waals surface area contributed by atoms with E-state index in [1.165, 1.54) is 17.9 Å². The third-order valence-corrected chi connectivity index (χ3v) is 5.37. The second-order valence-electron chi connectivity index (χ2n) is 7.96. The van der Waals surface area contributed by atoms with Gasteiger partial charge >= 0.3 is 12.1 Å². The van der Waals surface area contributed by atoms with Gasteiger partial charge in [-0.2, -0.15) is 0 Å². The molecule has 2 aromatic carbocycles. The molecule has 3 aromatic rings. The summed E-state index contributed by atoms with van der Waals surface area (Å²) in [6.07, 6.45) is 2.21. The van der Waals surface area contributed by atoms with Crippen molar-refractivity contribution < 1.29 is 23.5 Å². The second kappa shape index (κ2) is 10.6. The van der Waals surface area contributed by atoms with Crippen molar-refractivity contribution in [2.24, 2.45) is 0 Å². The second-order valence-corrected chi connectivity index (χ2v) is 7.96. The first kappa shape index (κ1) is 23.7. The van der Waals surface area contributed by atoms with Crippen molar-refractivity contribution in [3.63, 3.8) is 0 Å². The summed E-state index contributed by atoms with van der Waals surface area (Å²) < 4.78 is 20.1. The molecule has 0 radical (unpaired) electrons. The van der Waals surface area contributed by atoms with Crippen molar-refractivity contribution in [3.05, 3.63) is 78.4 Å². The fourth-order valence-corrected chi connectivity index (χ4v) is 3.59. The average Bonchev–Trinajstić information content (AvgIpc) is 3.23. The van der Waals surface area contributed by atoms with E-state index in [4.69, 9.17) is 4.74 Å². The van der Waals surface area contributed by atoms with Crippen LogP contribution in [0.2, 0.25) is 0 Å². The first-order valence-corrected chi connectivity index (χ1v) is 11.0. The van der Waals surface area contributed by atoms with Crippen LogP contribution in [0.5, 0.6) is 0 Å². The van der Waals surface area contributed by atoms with E-state index < -0.39 is 18.0 Å². The van der Waals surface area contributed by atoms with Crippen molar-refractivity contribution in [1.82, 2.24) is 15.6 Å². The number of nitrogens with one attached hydrogen (secondary N) is 3. The molecule has 4 amide bonds. The molecule has 2 heterocycles. The van der Waals surface area contributed by atoms with Gasteiger partial charge in [0.25, 0.3) is 0 Å². The summed E-state index contributed by atoms with van der Waals surface area (Å²) in [5.74, 6) is -0.724. The molecule has 0 saturated carbocycles. The number of carbonyl (C=O) groups is 3. The molecule has 1 aliphatic rings. The normalized spacial score (nSPS) is 14.9. The number of cyclic esters (lactones) is 1. The molecule has 10 heteroatoms. The maximum absolute atomic E-state index is 14.9. The number of nitrogens with zero attached hydrogens (tertiary/aromatic N) is 2. The van der Waals surface area contributed by atoms with Crippen LogP contribution in [0.4, 0.5) is 25.4 Å². The molecule has 4 rings (SSSR count). The molecule has 0 bridgehead atoms. The smallest absolute Gasteiger partial charge is 0.414 e. The van der Waals surface area contributed by atoms with Crippen LogP contribution in [-0.2, 0) is 16.1 Å². The lowest BCUT2D eigenvalue weighted by Gasteiger charge is -2.15. The van der Waals surface area contributed by atoms with Crippen LogP contribution in [0, 0.1) is 5.82 Å². The van der Waals surface area contributed by atoms with Gasteiger partial charge in [-0.15, -0.1) is 0 Å². The topological polar surface area (TPSA) is 113 Å². The van der Waals surface area contributed by atoms with Crippen molar-refractivity contribution in [1.29, 1.82) is 0 Å². The lowest BCUT2D eigenvalue weighted by Crippen LogP contribution is -2.33. The molecule has 1 atom stereocenters. The Kier molecular flexibility index (Phi) is 7.20. The van der Waals surface area contributed by atoms with Crippen LogP contribution in [0.3, 0.4) is 0 Å². The molecule has 1 unspecified atom stereocenters. The standard InChI is InChI=1S/C25H24FN5O4/c1-16(32)28-14-21-15-31(25(34)35-21)20-6-7-22(23(26)12-20)18-2-4-19(5-3-18)30-24(33)29-13-17-8-10-27-11-9-17/h2-12,21H,13-15H2,1H3,(H,28,32)(H2,29,30,33). The van der Waals surface area contributed by atoms with Gasteiger partial charge in [0.15, 0.2) is 0 Å². The maximum Gasteiger partial charge on any atom is 0.414 e. The van der Waals surface area contributed by atoms with E-state index in [2.05, 4.69) is 20.9 Å². The Bertz CT molecular complexity index is 1220. The van der Waals surface area contributed by atoms with Gasteiger partial charge in [0, 0.05) is 37.1 Å². The predicted octanol–water partition coefficient (Wildman–Crippen LogP) is 3.67. The highest BCUT2D eigenvalue weighted by Crippen LogP contribution is 2.29. The highest BCUT2D eigenvalue weighted by Gasteiger charge is 2.32. The first-order chi connectivity index (χ1) is 16.9. The molecular weight excluding hydrogens is 453 g/mol. The van der Waals surface area contributed by atoms with E-state index in [0.29, 0.717) is 29.0 Å². The van der Waals surface area contributed by atoms with Gasteiger partial charge in [-0.25, -0.2) is 14.0 Å². The molecule has 0 aliphatic carbocycles. The number of benzene rings is 2. The molecule has 180 valence electrons. The van der Waals surface area contributed by atoms with Crippen molar-refractivity contribution >= 4 is 29.4 Å². The Morgan fingerprint density at radius 1 is 1.09 bits per heavy atom. The molecule has 35 heavy (non-hydrogen) atoms. The number of hydrogen-bond acceptors (Lipinski definition) is 5. The predicted molar refractivity (Wildman–Crippen MR) is 128 cm³/mol. The molecule has 1 aromatic heterocycles. The third-order valence-electron chi connectivity index (χ3n) is 5.37. The minimum Gasteiger partial charge on any atom is -0.442 e. The summed E-state index contributed by atoms with van der Waals surface area (Å²) in [6, 6.07) is 14.5. The van der Waals surface area contributed by atoms with Gasteiger partial charge in [-0.1, -0.05) is 12.1 Å². The zero-order chi connectivity index (χ0) is 24.8. The third kappa shape index (κ3) is 6.11. The van der Waals surface area contributed by atoms with Crippen LogP contribution in [0.15, 0.2) is 67.0 Å². The highest BCUT2D eigenvalue weighted by molar-refractivity contribution is 5.91. The molecule has 1 aliphatic heterocycles. The SMILES string of the molecule is CC(=O)NCC1CN(c2ccc(-c3ccc(NC(=O)NCc4ccncc4)cc3)c(F)c2)C(=O)O1. The van der Waals surface area contributed by atoms with E-state index >= 15 is 0 Å². The Balaban J connectivity index is 1.36. The quantitative estimate of drug-likeness (QED) is 0.481. The zero-order valence-electron chi connectivity index (χ0n) is 19.0. The summed E-state index contributed by atoms with van der Waals surface area (Å²) in [6.45, 7) is 2.15. The minimum atomic E-state index is -0.592. The van der Waals surface area contributed by atoms with E-state index in [1.807, 2.05) is 12.1 Å². The van der Waals surface area contributed by atoms with E-state index in [1.54, 1.807) is 48.8 Å². The monoisotopic (exact) mass is 477 g/mol. The maximum atomic E-state index is 14.9. The summed E-state index contributed by atoms with van der Waals surface area (Å²) in [5.41, 5.74) is 2.82. The summed E-state index contributed by atoms with van der Waals surface area (Å²) >= 11 is 0. The Hall–Kier alpha value is -4.47. The number of anilines is 2. The number of pyridine rings is 1. The number of aromatic nitrogens is 1. The van der Waals surface area contributed by atoms with Crippen molar-refractivity contribution in [3.8, 4) is 11.1 Å². The van der Waals surface area contributed by atoms with Gasteiger partial charge in [0.05, 0.1) is 18.8 Å². The van der Waals surface area contributed by atoms with Gasteiger partial charge in [0.1, 0.15) is 11.9 Å². The van der Waals surface area contributed by atoms with Gasteiger partial charge < -0.3 is 20.7 Å². The average molecular weight is 477 g/mol. The highest BCUT2D eigenvalue weighted by atomic mass is 19.1. The van der Waals surface area contributed by atoms with E-state index in [-0.39, 0.29) is 25.0 Å². The van der Waals surface area contributed by atoms with E-state index in [9.17, 15) is 18.8 Å². The number of hydrogen-bond donors (Lipinski definition) is 3. The van der Waals surface area contributed by atoms with Gasteiger partial charge in [-0.05, 0) is 53.6 Å². The number of carbonyl (C=O) groups excluding carboxylic acids is 3. The Morgan fingerprint density at radius 2 is 1.83 bits per heavy atom. The summed E-state index contributed by atoms with van der Waals surface area (Å²) in [5, 5.41) is 8.09.